The van der Waals surface area contributed by atoms with Crippen molar-refractivity contribution in [3.8, 4) is 11.5 Å². The predicted molar refractivity (Wildman–Crippen MR) is 108 cm³/mol. The van der Waals surface area contributed by atoms with Gasteiger partial charge in [-0.3, -0.25) is 9.69 Å². The first kappa shape index (κ1) is 20.2. The van der Waals surface area contributed by atoms with E-state index in [0.717, 1.165) is 24.2 Å². The smallest absolute Gasteiger partial charge is 0.251 e. The Morgan fingerprint density at radius 3 is 2.39 bits per heavy atom. The Bertz CT molecular complexity index is 786. The van der Waals surface area contributed by atoms with Gasteiger partial charge in [0, 0.05) is 25.2 Å². The molecular formula is C22H28N2O4. The van der Waals surface area contributed by atoms with Gasteiger partial charge in [-0.25, -0.2) is 0 Å². The van der Waals surface area contributed by atoms with Crippen LogP contribution in [0.2, 0.25) is 0 Å². The molecule has 1 saturated heterocycles. The van der Waals surface area contributed by atoms with E-state index in [0.29, 0.717) is 36.8 Å². The molecule has 1 N–H and O–H groups in total. The highest BCUT2D eigenvalue weighted by molar-refractivity contribution is 5.94. The van der Waals surface area contributed by atoms with Gasteiger partial charge in [0.1, 0.15) is 0 Å². The number of methoxy groups -OCH3 is 2. The number of aryl methyl sites for hydroxylation is 1. The molecule has 3 rings (SSSR count). The molecule has 6 nitrogen and oxygen atoms in total. The number of ether oxygens (including phenoxy) is 3. The first-order valence-electron chi connectivity index (χ1n) is 9.51. The van der Waals surface area contributed by atoms with E-state index in [1.54, 1.807) is 14.2 Å². The van der Waals surface area contributed by atoms with E-state index in [2.05, 4.69) is 10.2 Å². The van der Waals surface area contributed by atoms with E-state index in [1.165, 1.54) is 0 Å². The molecule has 28 heavy (non-hydrogen) atoms. The fourth-order valence-electron chi connectivity index (χ4n) is 3.40. The monoisotopic (exact) mass is 384 g/mol. The number of benzene rings is 2. The van der Waals surface area contributed by atoms with Crippen LogP contribution in [0.25, 0.3) is 0 Å². The van der Waals surface area contributed by atoms with E-state index in [4.69, 9.17) is 14.2 Å². The van der Waals surface area contributed by atoms with Gasteiger partial charge in [-0.05, 0) is 36.8 Å². The van der Waals surface area contributed by atoms with Gasteiger partial charge in [-0.2, -0.15) is 0 Å². The molecule has 0 aliphatic carbocycles. The van der Waals surface area contributed by atoms with Gasteiger partial charge in [0.15, 0.2) is 11.5 Å². The van der Waals surface area contributed by atoms with E-state index in [-0.39, 0.29) is 11.9 Å². The molecule has 1 atom stereocenters. The highest BCUT2D eigenvalue weighted by atomic mass is 16.5. The maximum Gasteiger partial charge on any atom is 0.251 e. The van der Waals surface area contributed by atoms with Crippen LogP contribution in [-0.4, -0.2) is 57.9 Å². The molecule has 0 saturated carbocycles. The Morgan fingerprint density at radius 2 is 1.75 bits per heavy atom. The maximum absolute atomic E-state index is 12.6. The molecular weight excluding hydrogens is 356 g/mol. The van der Waals surface area contributed by atoms with Gasteiger partial charge < -0.3 is 19.5 Å². The molecule has 0 spiro atoms. The summed E-state index contributed by atoms with van der Waals surface area (Å²) in [5.41, 5.74) is 2.87. The lowest BCUT2D eigenvalue weighted by Crippen LogP contribution is -2.43. The van der Waals surface area contributed by atoms with Crippen molar-refractivity contribution in [3.63, 3.8) is 0 Å². The molecule has 2 aromatic rings. The van der Waals surface area contributed by atoms with Crippen molar-refractivity contribution >= 4 is 5.91 Å². The zero-order valence-corrected chi connectivity index (χ0v) is 16.7. The standard InChI is InChI=1S/C22H28N2O4/c1-16-4-6-17(7-5-16)22(25)23-15-19(24-10-12-28-13-11-24)18-8-9-20(26-2)21(14-18)27-3/h4-9,14,19H,10-13,15H2,1-3H3,(H,23,25)/t19-/m1/s1. The predicted octanol–water partition coefficient (Wildman–Crippen LogP) is 2.82. The Morgan fingerprint density at radius 1 is 1.07 bits per heavy atom. The minimum Gasteiger partial charge on any atom is -0.493 e. The Kier molecular flexibility index (Phi) is 6.90. The Labute approximate surface area is 166 Å². The van der Waals surface area contributed by atoms with Crippen LogP contribution >= 0.6 is 0 Å². The van der Waals surface area contributed by atoms with Crippen LogP contribution in [0.1, 0.15) is 27.5 Å². The quantitative estimate of drug-likeness (QED) is 0.795. The van der Waals surface area contributed by atoms with Crippen molar-refractivity contribution in [2.75, 3.05) is 47.1 Å². The molecule has 1 aliphatic heterocycles. The number of hydrogen-bond donors (Lipinski definition) is 1. The molecule has 0 aromatic heterocycles. The Balaban J connectivity index is 1.79. The zero-order chi connectivity index (χ0) is 19.9. The van der Waals surface area contributed by atoms with Crippen molar-refractivity contribution in [3.05, 3.63) is 59.2 Å². The molecule has 1 fully saturated rings. The van der Waals surface area contributed by atoms with Crippen LogP contribution in [0.3, 0.4) is 0 Å². The van der Waals surface area contributed by atoms with Crippen LogP contribution in [-0.2, 0) is 4.74 Å². The highest BCUT2D eigenvalue weighted by Crippen LogP contribution is 2.32. The summed E-state index contributed by atoms with van der Waals surface area (Å²) in [4.78, 5) is 14.9. The third kappa shape index (κ3) is 4.82. The lowest BCUT2D eigenvalue weighted by Gasteiger charge is -2.35. The van der Waals surface area contributed by atoms with Crippen molar-refractivity contribution in [2.45, 2.75) is 13.0 Å². The van der Waals surface area contributed by atoms with Crippen molar-refractivity contribution in [1.82, 2.24) is 10.2 Å². The molecule has 1 heterocycles. The van der Waals surface area contributed by atoms with Gasteiger partial charge >= 0.3 is 0 Å². The lowest BCUT2D eigenvalue weighted by molar-refractivity contribution is 0.0162. The normalized spacial score (nSPS) is 15.7. The Hall–Kier alpha value is -2.57. The molecule has 2 aromatic carbocycles. The summed E-state index contributed by atoms with van der Waals surface area (Å²) < 4.78 is 16.3. The second-order valence-corrected chi connectivity index (χ2v) is 6.85. The van der Waals surface area contributed by atoms with Gasteiger partial charge in [0.05, 0.1) is 33.5 Å². The van der Waals surface area contributed by atoms with E-state index < -0.39 is 0 Å². The average Bonchev–Trinajstić information content (AvgIpc) is 2.74. The fraction of sp³-hybridized carbons (Fsp3) is 0.409. The summed E-state index contributed by atoms with van der Waals surface area (Å²) >= 11 is 0. The first-order valence-corrected chi connectivity index (χ1v) is 9.51. The second kappa shape index (κ2) is 9.57. The maximum atomic E-state index is 12.6. The summed E-state index contributed by atoms with van der Waals surface area (Å²) in [6.45, 7) is 5.53. The summed E-state index contributed by atoms with van der Waals surface area (Å²) in [5, 5.41) is 3.09. The van der Waals surface area contributed by atoms with E-state index in [9.17, 15) is 4.79 Å². The molecule has 1 aliphatic rings. The number of nitrogens with one attached hydrogen (secondary N) is 1. The van der Waals surface area contributed by atoms with Crippen molar-refractivity contribution in [2.24, 2.45) is 0 Å². The number of amides is 1. The molecule has 150 valence electrons. The van der Waals surface area contributed by atoms with Crippen LogP contribution in [0.5, 0.6) is 11.5 Å². The van der Waals surface area contributed by atoms with Crippen molar-refractivity contribution in [1.29, 1.82) is 0 Å². The second-order valence-electron chi connectivity index (χ2n) is 6.85. The molecule has 1 amide bonds. The third-order valence-electron chi connectivity index (χ3n) is 5.05. The third-order valence-corrected chi connectivity index (χ3v) is 5.05. The van der Waals surface area contributed by atoms with Gasteiger partial charge in [0.25, 0.3) is 5.91 Å². The minimum atomic E-state index is -0.0706. The summed E-state index contributed by atoms with van der Waals surface area (Å²) in [7, 11) is 3.25. The number of morpholine rings is 1. The van der Waals surface area contributed by atoms with Gasteiger partial charge in [-0.1, -0.05) is 23.8 Å². The average molecular weight is 384 g/mol. The fourth-order valence-corrected chi connectivity index (χ4v) is 3.40. The number of carbonyl (C=O) groups excluding carboxylic acids is 1. The van der Waals surface area contributed by atoms with Crippen LogP contribution in [0, 0.1) is 6.92 Å². The molecule has 0 bridgehead atoms. The van der Waals surface area contributed by atoms with Gasteiger partial charge in [0.2, 0.25) is 0 Å². The van der Waals surface area contributed by atoms with Crippen LogP contribution in [0.15, 0.2) is 42.5 Å². The minimum absolute atomic E-state index is 0.0260. The first-order chi connectivity index (χ1) is 13.6. The van der Waals surface area contributed by atoms with Crippen molar-refractivity contribution < 1.29 is 19.0 Å². The molecule has 0 unspecified atom stereocenters. The van der Waals surface area contributed by atoms with Gasteiger partial charge in [-0.15, -0.1) is 0 Å². The summed E-state index contributed by atoms with van der Waals surface area (Å²) in [5.74, 6) is 1.30. The summed E-state index contributed by atoms with van der Waals surface area (Å²) in [6, 6.07) is 13.5. The summed E-state index contributed by atoms with van der Waals surface area (Å²) in [6.07, 6.45) is 0. The number of carbonyl (C=O) groups is 1. The SMILES string of the molecule is COc1ccc([C@@H](CNC(=O)c2ccc(C)cc2)N2CCOCC2)cc1OC. The number of nitrogens with zero attached hydrogens (tertiary/aromatic N) is 1. The molecule has 6 heteroatoms. The number of hydrogen-bond acceptors (Lipinski definition) is 5. The highest BCUT2D eigenvalue weighted by Gasteiger charge is 2.24. The van der Waals surface area contributed by atoms with E-state index in [1.807, 2.05) is 49.4 Å². The molecule has 0 radical (unpaired) electrons. The van der Waals surface area contributed by atoms with E-state index >= 15 is 0 Å². The lowest BCUT2D eigenvalue weighted by atomic mass is 10.0. The van der Waals surface area contributed by atoms with Crippen LogP contribution < -0.4 is 14.8 Å². The van der Waals surface area contributed by atoms with Crippen LogP contribution in [0.4, 0.5) is 0 Å². The largest absolute Gasteiger partial charge is 0.493 e. The topological polar surface area (TPSA) is 60.0 Å². The zero-order valence-electron chi connectivity index (χ0n) is 16.7. The number of rotatable bonds is 7.